The summed E-state index contributed by atoms with van der Waals surface area (Å²) < 4.78 is 0. The van der Waals surface area contributed by atoms with Gasteiger partial charge in [-0.05, 0) is 54.7 Å². The number of hydrogen-bond acceptors (Lipinski definition) is 2. The zero-order valence-corrected chi connectivity index (χ0v) is 21.6. The molecule has 4 rings (SSSR count). The van der Waals surface area contributed by atoms with Crippen LogP contribution in [0.1, 0.15) is 56.6 Å². The van der Waals surface area contributed by atoms with Crippen LogP contribution in [0.4, 0.5) is 0 Å². The first kappa shape index (κ1) is 25.5. The van der Waals surface area contributed by atoms with E-state index >= 15 is 0 Å². The minimum absolute atomic E-state index is 0.0970. The molecule has 2 amide bonds. The standard InChI is InChI=1S/C29H32Cl2N2O2/c1-20(29(35)32-23-12-3-2-4-13-23)33(19-25-26(30)15-8-16-27(25)31)28(34)18-17-22-11-7-10-21-9-5-6-14-24(21)22/h5-11,14-16,20,23H,2-4,12-13,17-19H2,1H3,(H,32,35). The molecule has 1 unspecified atom stereocenters. The van der Waals surface area contributed by atoms with Gasteiger partial charge in [0.05, 0.1) is 0 Å². The predicted molar refractivity (Wildman–Crippen MR) is 144 cm³/mol. The molecule has 1 N–H and O–H groups in total. The van der Waals surface area contributed by atoms with Gasteiger partial charge in [-0.2, -0.15) is 0 Å². The molecule has 35 heavy (non-hydrogen) atoms. The maximum Gasteiger partial charge on any atom is 0.242 e. The molecule has 1 fully saturated rings. The fraction of sp³-hybridized carbons (Fsp3) is 0.379. The highest BCUT2D eigenvalue weighted by Gasteiger charge is 2.29. The highest BCUT2D eigenvalue weighted by Crippen LogP contribution is 2.28. The van der Waals surface area contributed by atoms with Crippen molar-refractivity contribution >= 4 is 45.8 Å². The zero-order valence-electron chi connectivity index (χ0n) is 20.1. The van der Waals surface area contributed by atoms with Crippen LogP contribution in [0.5, 0.6) is 0 Å². The van der Waals surface area contributed by atoms with Crippen molar-refractivity contribution in [2.24, 2.45) is 0 Å². The average molecular weight is 511 g/mol. The number of fused-ring (bicyclic) bond motifs is 1. The van der Waals surface area contributed by atoms with Crippen LogP contribution in [0, 0.1) is 0 Å². The van der Waals surface area contributed by atoms with Crippen molar-refractivity contribution in [1.82, 2.24) is 10.2 Å². The van der Waals surface area contributed by atoms with Crippen LogP contribution in [0.25, 0.3) is 10.8 Å². The number of carbonyl (C=O) groups is 2. The third-order valence-electron chi connectivity index (χ3n) is 7.00. The zero-order chi connectivity index (χ0) is 24.8. The van der Waals surface area contributed by atoms with E-state index in [1.165, 1.54) is 6.42 Å². The number of carbonyl (C=O) groups excluding carboxylic acids is 2. The van der Waals surface area contributed by atoms with Gasteiger partial charge in [0.2, 0.25) is 11.8 Å². The molecule has 0 radical (unpaired) electrons. The van der Waals surface area contributed by atoms with Crippen LogP contribution in [0.2, 0.25) is 10.0 Å². The molecule has 0 aromatic heterocycles. The summed E-state index contributed by atoms with van der Waals surface area (Å²) in [5.41, 5.74) is 1.78. The summed E-state index contributed by atoms with van der Waals surface area (Å²) in [6, 6.07) is 19.2. The Kier molecular flexibility index (Phi) is 8.69. The first-order valence-corrected chi connectivity index (χ1v) is 13.2. The maximum absolute atomic E-state index is 13.6. The van der Waals surface area contributed by atoms with Gasteiger partial charge in [0.1, 0.15) is 6.04 Å². The fourth-order valence-corrected chi connectivity index (χ4v) is 5.42. The number of aryl methyl sites for hydroxylation is 1. The van der Waals surface area contributed by atoms with Gasteiger partial charge in [-0.1, -0.05) is 91.0 Å². The van der Waals surface area contributed by atoms with Crippen molar-refractivity contribution in [3.63, 3.8) is 0 Å². The normalized spacial score (nSPS) is 15.1. The Morgan fingerprint density at radius 1 is 0.943 bits per heavy atom. The van der Waals surface area contributed by atoms with E-state index < -0.39 is 6.04 Å². The molecule has 0 heterocycles. The minimum atomic E-state index is -0.635. The fourth-order valence-electron chi connectivity index (χ4n) is 4.90. The predicted octanol–water partition coefficient (Wildman–Crippen LogP) is 6.95. The van der Waals surface area contributed by atoms with E-state index in [1.807, 2.05) is 18.2 Å². The Bertz CT molecular complexity index is 1160. The van der Waals surface area contributed by atoms with Crippen LogP contribution in [0.3, 0.4) is 0 Å². The summed E-state index contributed by atoms with van der Waals surface area (Å²) >= 11 is 12.9. The lowest BCUT2D eigenvalue weighted by atomic mass is 9.95. The highest BCUT2D eigenvalue weighted by molar-refractivity contribution is 6.36. The molecule has 0 saturated heterocycles. The molecule has 1 aliphatic carbocycles. The summed E-state index contributed by atoms with van der Waals surface area (Å²) in [6.07, 6.45) is 6.32. The first-order chi connectivity index (χ1) is 16.9. The number of nitrogens with one attached hydrogen (secondary N) is 1. The van der Waals surface area contributed by atoms with Crippen LogP contribution in [-0.4, -0.2) is 28.8 Å². The summed E-state index contributed by atoms with van der Waals surface area (Å²) in [5, 5.41) is 6.44. The molecule has 3 aromatic carbocycles. The summed E-state index contributed by atoms with van der Waals surface area (Å²) in [6.45, 7) is 1.98. The largest absolute Gasteiger partial charge is 0.352 e. The quantitative estimate of drug-likeness (QED) is 0.356. The topological polar surface area (TPSA) is 49.4 Å². The van der Waals surface area contributed by atoms with Gasteiger partial charge in [0.25, 0.3) is 0 Å². The van der Waals surface area contributed by atoms with Crippen molar-refractivity contribution in [3.8, 4) is 0 Å². The van der Waals surface area contributed by atoms with E-state index in [9.17, 15) is 9.59 Å². The maximum atomic E-state index is 13.6. The highest BCUT2D eigenvalue weighted by atomic mass is 35.5. The lowest BCUT2D eigenvalue weighted by Gasteiger charge is -2.31. The molecule has 184 valence electrons. The van der Waals surface area contributed by atoms with Gasteiger partial charge < -0.3 is 10.2 Å². The van der Waals surface area contributed by atoms with Crippen LogP contribution in [-0.2, 0) is 22.6 Å². The van der Waals surface area contributed by atoms with Gasteiger partial charge in [-0.15, -0.1) is 0 Å². The van der Waals surface area contributed by atoms with Gasteiger partial charge in [0, 0.05) is 34.6 Å². The third-order valence-corrected chi connectivity index (χ3v) is 7.71. The van der Waals surface area contributed by atoms with E-state index in [2.05, 4.69) is 29.6 Å². The molecule has 0 spiro atoms. The number of benzene rings is 3. The summed E-state index contributed by atoms with van der Waals surface area (Å²) in [4.78, 5) is 28.4. The first-order valence-electron chi connectivity index (χ1n) is 12.4. The number of nitrogens with zero attached hydrogens (tertiary/aromatic N) is 1. The van der Waals surface area contributed by atoms with Crippen molar-refractivity contribution in [2.75, 3.05) is 0 Å². The van der Waals surface area contributed by atoms with Crippen molar-refractivity contribution in [2.45, 2.75) is 70.5 Å². The Labute approximate surface area is 217 Å². The van der Waals surface area contributed by atoms with Crippen molar-refractivity contribution in [1.29, 1.82) is 0 Å². The second kappa shape index (κ2) is 11.9. The van der Waals surface area contributed by atoms with Crippen molar-refractivity contribution < 1.29 is 9.59 Å². The molecular weight excluding hydrogens is 479 g/mol. The van der Waals surface area contributed by atoms with Gasteiger partial charge in [-0.25, -0.2) is 0 Å². The van der Waals surface area contributed by atoms with Crippen molar-refractivity contribution in [3.05, 3.63) is 81.8 Å². The monoisotopic (exact) mass is 510 g/mol. The number of rotatable bonds is 8. The third kappa shape index (κ3) is 6.36. The number of amides is 2. The van der Waals surface area contributed by atoms with E-state index in [0.717, 1.165) is 42.0 Å². The van der Waals surface area contributed by atoms with Gasteiger partial charge in [-0.3, -0.25) is 9.59 Å². The molecule has 1 atom stereocenters. The Morgan fingerprint density at radius 2 is 1.60 bits per heavy atom. The average Bonchev–Trinajstić information content (AvgIpc) is 2.87. The minimum Gasteiger partial charge on any atom is -0.352 e. The van der Waals surface area contributed by atoms with Gasteiger partial charge in [0.15, 0.2) is 0 Å². The molecular formula is C29H32Cl2N2O2. The summed E-state index contributed by atoms with van der Waals surface area (Å²) in [5.74, 6) is -0.223. The van der Waals surface area contributed by atoms with Crippen LogP contribution < -0.4 is 5.32 Å². The van der Waals surface area contributed by atoms with E-state index in [-0.39, 0.29) is 30.8 Å². The van der Waals surface area contributed by atoms with E-state index in [4.69, 9.17) is 23.2 Å². The smallest absolute Gasteiger partial charge is 0.242 e. The summed E-state index contributed by atoms with van der Waals surface area (Å²) in [7, 11) is 0. The van der Waals surface area contributed by atoms with E-state index in [1.54, 1.807) is 30.0 Å². The van der Waals surface area contributed by atoms with Crippen LogP contribution >= 0.6 is 23.2 Å². The Morgan fingerprint density at radius 3 is 2.34 bits per heavy atom. The molecule has 4 nitrogen and oxygen atoms in total. The Hall–Kier alpha value is -2.56. The molecule has 3 aromatic rings. The number of halogens is 2. The number of hydrogen-bond donors (Lipinski definition) is 1. The molecule has 6 heteroatoms. The van der Waals surface area contributed by atoms with Gasteiger partial charge >= 0.3 is 0 Å². The lowest BCUT2D eigenvalue weighted by molar-refractivity contribution is -0.141. The molecule has 1 saturated carbocycles. The van der Waals surface area contributed by atoms with E-state index in [0.29, 0.717) is 22.0 Å². The molecule has 0 aliphatic heterocycles. The SMILES string of the molecule is CC(C(=O)NC1CCCCC1)N(Cc1c(Cl)cccc1Cl)C(=O)CCc1cccc2ccccc12. The molecule has 0 bridgehead atoms. The lowest BCUT2D eigenvalue weighted by Crippen LogP contribution is -2.50. The van der Waals surface area contributed by atoms with Crippen LogP contribution in [0.15, 0.2) is 60.7 Å². The second-order valence-corrected chi connectivity index (χ2v) is 10.2. The molecule has 1 aliphatic rings. The second-order valence-electron chi connectivity index (χ2n) is 9.38. The Balaban J connectivity index is 1.53.